The molecule has 1 aliphatic rings. The molecule has 1 fully saturated rings. The van der Waals surface area contributed by atoms with Crippen molar-refractivity contribution in [2.45, 2.75) is 26.3 Å². The average molecular weight is 415 g/mol. The summed E-state index contributed by atoms with van der Waals surface area (Å²) >= 11 is 0. The molecule has 1 N–H and O–H groups in total. The van der Waals surface area contributed by atoms with Crippen LogP contribution in [0.15, 0.2) is 42.5 Å². The molecule has 7 heteroatoms. The maximum absolute atomic E-state index is 13.6. The maximum atomic E-state index is 13.6. The topological polar surface area (TPSA) is 52.6 Å². The number of carbonyl (C=O) groups is 2. The van der Waals surface area contributed by atoms with E-state index < -0.39 is 17.5 Å². The molecular formula is C23H27F2N3O2. The van der Waals surface area contributed by atoms with E-state index in [4.69, 9.17) is 0 Å². The number of hydrogen-bond acceptors (Lipinski definition) is 3. The zero-order valence-electron chi connectivity index (χ0n) is 17.2. The number of hydrogen-bond donors (Lipinski definition) is 1. The van der Waals surface area contributed by atoms with Gasteiger partial charge < -0.3 is 10.2 Å². The van der Waals surface area contributed by atoms with Crippen LogP contribution in [0.5, 0.6) is 0 Å². The van der Waals surface area contributed by atoms with Crippen molar-refractivity contribution in [2.24, 2.45) is 0 Å². The largest absolute Gasteiger partial charge is 0.352 e. The fourth-order valence-electron chi connectivity index (χ4n) is 3.59. The second-order valence-electron chi connectivity index (χ2n) is 7.63. The first-order valence-electron chi connectivity index (χ1n) is 10.2. The smallest absolute Gasteiger partial charge is 0.254 e. The van der Waals surface area contributed by atoms with Crippen molar-refractivity contribution in [3.63, 3.8) is 0 Å². The first-order chi connectivity index (χ1) is 14.4. The number of benzene rings is 2. The minimum absolute atomic E-state index is 0.0624. The number of nitrogens with zero attached hydrogens (tertiary/aromatic N) is 2. The van der Waals surface area contributed by atoms with Gasteiger partial charge in [-0.1, -0.05) is 29.8 Å². The third-order valence-corrected chi connectivity index (χ3v) is 5.24. The summed E-state index contributed by atoms with van der Waals surface area (Å²) in [6, 6.07) is 11.3. The van der Waals surface area contributed by atoms with Crippen LogP contribution in [0.4, 0.5) is 8.78 Å². The van der Waals surface area contributed by atoms with E-state index in [2.05, 4.69) is 41.4 Å². The Morgan fingerprint density at radius 1 is 1.03 bits per heavy atom. The number of rotatable bonds is 7. The van der Waals surface area contributed by atoms with E-state index >= 15 is 0 Å². The van der Waals surface area contributed by atoms with Gasteiger partial charge in [-0.15, -0.1) is 0 Å². The van der Waals surface area contributed by atoms with Crippen molar-refractivity contribution < 1.29 is 18.4 Å². The molecule has 2 aromatic rings. The molecule has 0 spiro atoms. The Bertz CT molecular complexity index is 896. The summed E-state index contributed by atoms with van der Waals surface area (Å²) in [5, 5.41) is 2.58. The van der Waals surface area contributed by atoms with Gasteiger partial charge in [0.05, 0.1) is 5.56 Å². The van der Waals surface area contributed by atoms with Gasteiger partial charge in [0.1, 0.15) is 11.6 Å². The Labute approximate surface area is 175 Å². The Morgan fingerprint density at radius 3 is 2.50 bits per heavy atom. The number of nitrogens with one attached hydrogen (secondary N) is 1. The predicted octanol–water partition coefficient (Wildman–Crippen LogP) is 3.13. The van der Waals surface area contributed by atoms with Crippen molar-refractivity contribution in [3.05, 3.63) is 70.8 Å². The summed E-state index contributed by atoms with van der Waals surface area (Å²) in [6.07, 6.45) is 0.793. The standard InChI is InChI=1S/C23H27F2N3O2/c1-17-4-2-5-18(14-17)16-27-10-12-28(13-11-27)22(29)6-3-9-26-23(30)20-8-7-19(24)15-21(20)25/h2,4-5,7-8,14-15H,3,6,9-13,16H2,1H3,(H,26,30). The fourth-order valence-corrected chi connectivity index (χ4v) is 3.59. The molecule has 1 heterocycles. The molecule has 0 radical (unpaired) electrons. The summed E-state index contributed by atoms with van der Waals surface area (Å²) in [5.74, 6) is -2.17. The SMILES string of the molecule is Cc1cccc(CN2CCN(C(=O)CCCNC(=O)c3ccc(F)cc3F)CC2)c1. The summed E-state index contributed by atoms with van der Waals surface area (Å²) in [7, 11) is 0. The van der Waals surface area contributed by atoms with Crippen molar-refractivity contribution in [2.75, 3.05) is 32.7 Å². The fraction of sp³-hybridized carbons (Fsp3) is 0.391. The summed E-state index contributed by atoms with van der Waals surface area (Å²) in [4.78, 5) is 28.6. The lowest BCUT2D eigenvalue weighted by Crippen LogP contribution is -2.48. The van der Waals surface area contributed by atoms with E-state index in [0.717, 1.165) is 31.8 Å². The molecule has 1 aliphatic heterocycles. The molecule has 30 heavy (non-hydrogen) atoms. The van der Waals surface area contributed by atoms with Gasteiger partial charge in [0.15, 0.2) is 0 Å². The molecule has 0 unspecified atom stereocenters. The van der Waals surface area contributed by atoms with Gasteiger partial charge >= 0.3 is 0 Å². The van der Waals surface area contributed by atoms with E-state index in [-0.39, 0.29) is 18.0 Å². The second kappa shape index (κ2) is 10.3. The predicted molar refractivity (Wildman–Crippen MR) is 111 cm³/mol. The normalized spacial score (nSPS) is 14.6. The van der Waals surface area contributed by atoms with Crippen LogP contribution in [0.3, 0.4) is 0 Å². The molecule has 3 rings (SSSR count). The monoisotopic (exact) mass is 415 g/mol. The highest BCUT2D eigenvalue weighted by Crippen LogP contribution is 2.12. The van der Waals surface area contributed by atoms with Crippen molar-refractivity contribution in [1.29, 1.82) is 0 Å². The van der Waals surface area contributed by atoms with Crippen LogP contribution < -0.4 is 5.32 Å². The number of aryl methyl sites for hydroxylation is 1. The van der Waals surface area contributed by atoms with Gasteiger partial charge in [-0.25, -0.2) is 8.78 Å². The summed E-state index contributed by atoms with van der Waals surface area (Å²) in [5.41, 5.74) is 2.33. The molecule has 0 aromatic heterocycles. The Balaban J connectivity index is 1.35. The minimum Gasteiger partial charge on any atom is -0.352 e. The van der Waals surface area contributed by atoms with Crippen LogP contribution in [0.1, 0.15) is 34.3 Å². The average Bonchev–Trinajstić information content (AvgIpc) is 2.71. The number of piperazine rings is 1. The minimum atomic E-state index is -0.896. The van der Waals surface area contributed by atoms with Crippen molar-refractivity contribution in [1.82, 2.24) is 15.1 Å². The van der Waals surface area contributed by atoms with E-state index in [0.29, 0.717) is 32.0 Å². The van der Waals surface area contributed by atoms with Gasteiger partial charge in [-0.3, -0.25) is 14.5 Å². The molecule has 1 saturated heterocycles. The third-order valence-electron chi connectivity index (χ3n) is 5.24. The van der Waals surface area contributed by atoms with E-state index in [1.807, 2.05) is 4.90 Å². The Kier molecular flexibility index (Phi) is 7.52. The Hall–Kier alpha value is -2.80. The van der Waals surface area contributed by atoms with Crippen LogP contribution in [0.25, 0.3) is 0 Å². The first kappa shape index (κ1) is 21.9. The quantitative estimate of drug-likeness (QED) is 0.707. The molecule has 5 nitrogen and oxygen atoms in total. The molecule has 2 amide bonds. The highest BCUT2D eigenvalue weighted by atomic mass is 19.1. The lowest BCUT2D eigenvalue weighted by Gasteiger charge is -2.35. The molecule has 0 aliphatic carbocycles. The van der Waals surface area contributed by atoms with Gasteiger partial charge in [-0.05, 0) is 31.0 Å². The number of amides is 2. The molecular weight excluding hydrogens is 388 g/mol. The van der Waals surface area contributed by atoms with Crippen LogP contribution in [0, 0.1) is 18.6 Å². The van der Waals surface area contributed by atoms with Crippen LogP contribution in [0.2, 0.25) is 0 Å². The van der Waals surface area contributed by atoms with Gasteiger partial charge in [0.2, 0.25) is 5.91 Å². The van der Waals surface area contributed by atoms with Crippen LogP contribution >= 0.6 is 0 Å². The van der Waals surface area contributed by atoms with Crippen molar-refractivity contribution >= 4 is 11.8 Å². The lowest BCUT2D eigenvalue weighted by atomic mass is 10.1. The Morgan fingerprint density at radius 2 is 1.80 bits per heavy atom. The molecule has 0 atom stereocenters. The molecule has 0 saturated carbocycles. The van der Waals surface area contributed by atoms with Crippen LogP contribution in [-0.4, -0.2) is 54.3 Å². The van der Waals surface area contributed by atoms with E-state index in [1.54, 1.807) is 0 Å². The number of halogens is 2. The highest BCUT2D eigenvalue weighted by molar-refractivity contribution is 5.94. The molecule has 2 aromatic carbocycles. The zero-order chi connectivity index (χ0) is 21.5. The van der Waals surface area contributed by atoms with E-state index in [1.165, 1.54) is 11.1 Å². The summed E-state index contributed by atoms with van der Waals surface area (Å²) in [6.45, 7) is 6.28. The zero-order valence-corrected chi connectivity index (χ0v) is 17.2. The summed E-state index contributed by atoms with van der Waals surface area (Å²) < 4.78 is 26.5. The second-order valence-corrected chi connectivity index (χ2v) is 7.63. The first-order valence-corrected chi connectivity index (χ1v) is 10.2. The van der Waals surface area contributed by atoms with Gasteiger partial charge in [-0.2, -0.15) is 0 Å². The number of carbonyl (C=O) groups excluding carboxylic acids is 2. The third kappa shape index (κ3) is 6.10. The van der Waals surface area contributed by atoms with Gasteiger partial charge in [0.25, 0.3) is 5.91 Å². The van der Waals surface area contributed by atoms with Gasteiger partial charge in [0, 0.05) is 51.8 Å². The maximum Gasteiger partial charge on any atom is 0.254 e. The lowest BCUT2D eigenvalue weighted by molar-refractivity contribution is -0.133. The van der Waals surface area contributed by atoms with Crippen molar-refractivity contribution in [3.8, 4) is 0 Å². The highest BCUT2D eigenvalue weighted by Gasteiger charge is 2.21. The molecule has 0 bridgehead atoms. The van der Waals surface area contributed by atoms with Crippen LogP contribution in [-0.2, 0) is 11.3 Å². The van der Waals surface area contributed by atoms with E-state index in [9.17, 15) is 18.4 Å². The molecule has 160 valence electrons.